The highest BCUT2D eigenvalue weighted by Gasteiger charge is 2.46. The third kappa shape index (κ3) is 2.98. The van der Waals surface area contributed by atoms with Crippen molar-refractivity contribution >= 4 is 11.9 Å². The van der Waals surface area contributed by atoms with Gasteiger partial charge in [0.1, 0.15) is 13.2 Å². The van der Waals surface area contributed by atoms with Gasteiger partial charge < -0.3 is 14.2 Å². The van der Waals surface area contributed by atoms with Gasteiger partial charge >= 0.3 is 6.18 Å². The molecule has 0 saturated carbocycles. The van der Waals surface area contributed by atoms with Crippen molar-refractivity contribution in [3.8, 4) is 11.5 Å². The normalized spacial score (nSPS) is 25.3. The third-order valence-corrected chi connectivity index (χ3v) is 5.46. The van der Waals surface area contributed by atoms with Crippen molar-refractivity contribution in [1.29, 1.82) is 0 Å². The van der Waals surface area contributed by atoms with Gasteiger partial charge in [-0.1, -0.05) is 12.2 Å². The van der Waals surface area contributed by atoms with Crippen LogP contribution >= 0.6 is 0 Å². The Bertz CT molecular complexity index is 1020. The number of hydrogen-bond acceptors (Lipinski definition) is 5. The Morgan fingerprint density at radius 1 is 1.10 bits per heavy atom. The van der Waals surface area contributed by atoms with Crippen molar-refractivity contribution in [2.24, 2.45) is 0 Å². The fourth-order valence-electron chi connectivity index (χ4n) is 4.14. The second kappa shape index (κ2) is 6.59. The quantitative estimate of drug-likeness (QED) is 0.726. The van der Waals surface area contributed by atoms with Crippen LogP contribution in [0, 0.1) is 0 Å². The Morgan fingerprint density at radius 2 is 1.86 bits per heavy atom. The predicted octanol–water partition coefficient (Wildman–Crippen LogP) is 3.73. The third-order valence-electron chi connectivity index (χ3n) is 5.46. The van der Waals surface area contributed by atoms with Gasteiger partial charge in [0.2, 0.25) is 0 Å². The van der Waals surface area contributed by atoms with Crippen molar-refractivity contribution in [2.75, 3.05) is 19.8 Å². The summed E-state index contributed by atoms with van der Waals surface area (Å²) >= 11 is 0. The standard InChI is InChI=1S/C21H16F3NO4/c22-21(23,24)14-2-1-5-25-19(14)13-10-29-15-4-3-11-8-16-17(28-7-6-27-16)9-12(11)18(15)20(13)26/h1-5,8-9,13,15,18H,6-7,10H2. The van der Waals surface area contributed by atoms with Crippen LogP contribution in [0.3, 0.4) is 0 Å². The van der Waals surface area contributed by atoms with Crippen LogP contribution in [0.25, 0.3) is 6.08 Å². The summed E-state index contributed by atoms with van der Waals surface area (Å²) < 4.78 is 57.4. The lowest BCUT2D eigenvalue weighted by atomic mass is 9.75. The molecule has 2 aromatic rings. The van der Waals surface area contributed by atoms with Gasteiger partial charge in [-0.15, -0.1) is 0 Å². The summed E-state index contributed by atoms with van der Waals surface area (Å²) in [5.74, 6) is -1.06. The van der Waals surface area contributed by atoms with Crippen LogP contribution in [-0.2, 0) is 15.7 Å². The fraction of sp³-hybridized carbons (Fsp3) is 0.333. The number of ether oxygens (including phenoxy) is 3. The van der Waals surface area contributed by atoms with Gasteiger partial charge in [0.15, 0.2) is 17.3 Å². The number of ketones is 1. The van der Waals surface area contributed by atoms with E-state index in [0.717, 1.165) is 11.6 Å². The van der Waals surface area contributed by atoms with E-state index >= 15 is 0 Å². The monoisotopic (exact) mass is 403 g/mol. The zero-order chi connectivity index (χ0) is 20.2. The van der Waals surface area contributed by atoms with E-state index in [9.17, 15) is 18.0 Å². The number of hydrogen-bond donors (Lipinski definition) is 0. The lowest BCUT2D eigenvalue weighted by molar-refractivity contribution is -0.140. The van der Waals surface area contributed by atoms with Gasteiger partial charge in [-0.3, -0.25) is 9.78 Å². The lowest BCUT2D eigenvalue weighted by Gasteiger charge is -2.37. The number of carbonyl (C=O) groups is 1. The van der Waals surface area contributed by atoms with Gasteiger partial charge in [0.25, 0.3) is 0 Å². The Labute approximate surface area is 164 Å². The molecule has 0 radical (unpaired) electrons. The molecule has 3 unspecified atom stereocenters. The van der Waals surface area contributed by atoms with E-state index in [1.165, 1.54) is 12.3 Å². The zero-order valence-corrected chi connectivity index (χ0v) is 15.1. The molecule has 2 aliphatic heterocycles. The summed E-state index contributed by atoms with van der Waals surface area (Å²) in [6.45, 7) is 0.682. The molecule has 0 bridgehead atoms. The number of carbonyl (C=O) groups excluding carboxylic acids is 1. The Hall–Kier alpha value is -2.87. The number of benzene rings is 1. The van der Waals surface area contributed by atoms with E-state index in [2.05, 4.69) is 4.98 Å². The van der Waals surface area contributed by atoms with E-state index in [0.29, 0.717) is 30.3 Å². The van der Waals surface area contributed by atoms with Gasteiger partial charge in [-0.2, -0.15) is 13.2 Å². The van der Waals surface area contributed by atoms with Crippen LogP contribution in [0.2, 0.25) is 0 Å². The Morgan fingerprint density at radius 3 is 2.62 bits per heavy atom. The molecule has 0 N–H and O–H groups in total. The van der Waals surface area contributed by atoms with Crippen molar-refractivity contribution in [3.63, 3.8) is 0 Å². The maximum Gasteiger partial charge on any atom is 0.418 e. The van der Waals surface area contributed by atoms with Crippen LogP contribution < -0.4 is 9.47 Å². The first-order valence-electron chi connectivity index (χ1n) is 9.22. The zero-order valence-electron chi connectivity index (χ0n) is 15.1. The molecule has 1 aliphatic carbocycles. The molecule has 0 spiro atoms. The minimum Gasteiger partial charge on any atom is -0.486 e. The predicted molar refractivity (Wildman–Crippen MR) is 95.9 cm³/mol. The molecule has 1 fully saturated rings. The number of fused-ring (bicyclic) bond motifs is 4. The SMILES string of the molecule is O=C1C(c2ncccc2C(F)(F)F)COC2C=Cc3cc4c(cc3C12)OCCO4. The summed E-state index contributed by atoms with van der Waals surface area (Å²) in [5.41, 5.74) is 0.234. The summed E-state index contributed by atoms with van der Waals surface area (Å²) in [4.78, 5) is 17.3. The van der Waals surface area contributed by atoms with E-state index in [-0.39, 0.29) is 18.1 Å². The molecule has 1 saturated heterocycles. The number of nitrogens with zero attached hydrogens (tertiary/aromatic N) is 1. The number of rotatable bonds is 1. The van der Waals surface area contributed by atoms with E-state index < -0.39 is 29.7 Å². The van der Waals surface area contributed by atoms with Crippen LogP contribution in [-0.4, -0.2) is 36.7 Å². The average molecular weight is 403 g/mol. The topological polar surface area (TPSA) is 57.7 Å². The van der Waals surface area contributed by atoms with Crippen molar-refractivity contribution in [1.82, 2.24) is 4.98 Å². The Kier molecular flexibility index (Phi) is 4.13. The molecule has 3 atom stereocenters. The van der Waals surface area contributed by atoms with E-state index in [1.54, 1.807) is 18.2 Å². The maximum absolute atomic E-state index is 13.5. The number of Topliss-reactive ketones (excluding diaryl/α,β-unsaturated/α-hetero) is 1. The number of halogens is 3. The first kappa shape index (κ1) is 18.2. The number of aromatic nitrogens is 1. The van der Waals surface area contributed by atoms with Gasteiger partial charge in [0.05, 0.1) is 35.8 Å². The first-order chi connectivity index (χ1) is 13.9. The summed E-state index contributed by atoms with van der Waals surface area (Å²) in [6, 6.07) is 5.68. The Balaban J connectivity index is 1.57. The van der Waals surface area contributed by atoms with Crippen molar-refractivity contribution in [3.05, 3.63) is 58.9 Å². The highest BCUT2D eigenvalue weighted by molar-refractivity contribution is 5.95. The van der Waals surface area contributed by atoms with E-state index in [1.807, 2.05) is 6.08 Å². The second-order valence-corrected chi connectivity index (χ2v) is 7.15. The molecule has 150 valence electrons. The van der Waals surface area contributed by atoms with Gasteiger partial charge in [0, 0.05) is 6.20 Å². The van der Waals surface area contributed by atoms with Crippen LogP contribution in [0.1, 0.15) is 34.2 Å². The molecular weight excluding hydrogens is 387 g/mol. The average Bonchev–Trinajstić information content (AvgIpc) is 2.71. The molecule has 5 nitrogen and oxygen atoms in total. The lowest BCUT2D eigenvalue weighted by Crippen LogP contribution is -2.41. The molecular formula is C21H16F3NO4. The fourth-order valence-corrected chi connectivity index (χ4v) is 4.14. The highest BCUT2D eigenvalue weighted by Crippen LogP contribution is 2.45. The van der Waals surface area contributed by atoms with Crippen molar-refractivity contribution in [2.45, 2.75) is 24.1 Å². The smallest absolute Gasteiger partial charge is 0.418 e. The second-order valence-electron chi connectivity index (χ2n) is 7.15. The minimum atomic E-state index is -4.60. The number of alkyl halides is 3. The highest BCUT2D eigenvalue weighted by atomic mass is 19.4. The molecule has 29 heavy (non-hydrogen) atoms. The summed E-state index contributed by atoms with van der Waals surface area (Å²) in [6.07, 6.45) is -0.271. The molecule has 3 aliphatic rings. The minimum absolute atomic E-state index is 0.148. The molecule has 3 heterocycles. The number of pyridine rings is 1. The largest absolute Gasteiger partial charge is 0.486 e. The van der Waals surface area contributed by atoms with Crippen LogP contribution in [0.15, 0.2) is 36.5 Å². The van der Waals surface area contributed by atoms with Gasteiger partial charge in [-0.05, 0) is 35.4 Å². The van der Waals surface area contributed by atoms with E-state index in [4.69, 9.17) is 14.2 Å². The molecule has 1 aromatic heterocycles. The van der Waals surface area contributed by atoms with Crippen LogP contribution in [0.4, 0.5) is 13.2 Å². The molecule has 8 heteroatoms. The summed E-state index contributed by atoms with van der Waals surface area (Å²) in [7, 11) is 0. The van der Waals surface area contributed by atoms with Gasteiger partial charge in [-0.25, -0.2) is 0 Å². The van der Waals surface area contributed by atoms with Crippen LogP contribution in [0.5, 0.6) is 11.5 Å². The first-order valence-corrected chi connectivity index (χ1v) is 9.22. The molecule has 1 aromatic carbocycles. The molecule has 0 amide bonds. The maximum atomic E-state index is 13.5. The summed E-state index contributed by atoms with van der Waals surface area (Å²) in [5, 5.41) is 0. The molecule has 5 rings (SSSR count). The van der Waals surface area contributed by atoms with Crippen molar-refractivity contribution < 1.29 is 32.2 Å².